The molecule has 24 heavy (non-hydrogen) atoms. The van der Waals surface area contributed by atoms with E-state index in [9.17, 15) is 4.79 Å². The molecule has 1 aromatic carbocycles. The van der Waals surface area contributed by atoms with Gasteiger partial charge in [0.15, 0.2) is 0 Å². The summed E-state index contributed by atoms with van der Waals surface area (Å²) < 4.78 is 0. The summed E-state index contributed by atoms with van der Waals surface area (Å²) in [5.74, 6) is 0.120. The molecule has 2 unspecified atom stereocenters. The average Bonchev–Trinajstić information content (AvgIpc) is 2.60. The highest BCUT2D eigenvalue weighted by Crippen LogP contribution is 2.34. The summed E-state index contributed by atoms with van der Waals surface area (Å²) in [4.78, 5) is 15.4. The van der Waals surface area contributed by atoms with Crippen LogP contribution in [0.4, 0.5) is 0 Å². The Morgan fingerprint density at radius 2 is 1.92 bits per heavy atom. The molecule has 1 aliphatic carbocycles. The van der Waals surface area contributed by atoms with Crippen LogP contribution in [0, 0.1) is 17.3 Å². The van der Waals surface area contributed by atoms with E-state index in [-0.39, 0.29) is 17.4 Å². The van der Waals surface area contributed by atoms with Gasteiger partial charge in [-0.05, 0) is 19.4 Å². The van der Waals surface area contributed by atoms with Crippen LogP contribution in [0.1, 0.15) is 33.3 Å². The van der Waals surface area contributed by atoms with Gasteiger partial charge in [-0.3, -0.25) is 4.79 Å². The highest BCUT2D eigenvalue weighted by Gasteiger charge is 2.39. The van der Waals surface area contributed by atoms with E-state index >= 15 is 0 Å². The number of allylic oxidation sites excluding steroid dienone is 3. The van der Waals surface area contributed by atoms with Crippen molar-refractivity contribution in [2.24, 2.45) is 10.8 Å². The van der Waals surface area contributed by atoms with Crippen molar-refractivity contribution in [3.05, 3.63) is 79.3 Å². The van der Waals surface area contributed by atoms with Crippen molar-refractivity contribution in [2.45, 2.75) is 40.3 Å². The molecule has 0 fully saturated rings. The molecule has 2 atom stereocenters. The second-order valence-corrected chi connectivity index (χ2v) is 7.31. The number of carbonyl (C=O) groups is 1. The fourth-order valence-corrected chi connectivity index (χ4v) is 2.82. The van der Waals surface area contributed by atoms with E-state index in [0.717, 1.165) is 5.56 Å². The average molecular weight is 322 g/mol. The van der Waals surface area contributed by atoms with Crippen molar-refractivity contribution < 1.29 is 4.79 Å². The van der Waals surface area contributed by atoms with Crippen molar-refractivity contribution >= 4 is 5.91 Å². The highest BCUT2D eigenvalue weighted by atomic mass is 16.2. The largest absolute Gasteiger partial charge is 0.334 e. The van der Waals surface area contributed by atoms with Gasteiger partial charge in [0.2, 0.25) is 5.91 Å². The summed E-state index contributed by atoms with van der Waals surface area (Å²) in [7, 11) is 0. The van der Waals surface area contributed by atoms with Gasteiger partial charge in [0, 0.05) is 24.4 Å². The second-order valence-electron chi connectivity index (χ2n) is 7.31. The first-order valence-electron chi connectivity index (χ1n) is 8.49. The maximum absolute atomic E-state index is 13.4. The van der Waals surface area contributed by atoms with Crippen molar-refractivity contribution in [1.82, 2.24) is 4.90 Å². The van der Waals surface area contributed by atoms with Crippen LogP contribution in [0.3, 0.4) is 0 Å². The van der Waals surface area contributed by atoms with Gasteiger partial charge < -0.3 is 4.90 Å². The smallest absolute Gasteiger partial charge is 0.233 e. The zero-order chi connectivity index (χ0) is 17.8. The van der Waals surface area contributed by atoms with Crippen LogP contribution in [0.15, 0.2) is 67.3 Å². The van der Waals surface area contributed by atoms with E-state index in [1.54, 1.807) is 0 Å². The van der Waals surface area contributed by atoms with Gasteiger partial charge in [0.1, 0.15) is 0 Å². The fraction of sp³-hybridized carbons (Fsp3) is 0.364. The Balaban J connectivity index is 2.35. The summed E-state index contributed by atoms with van der Waals surface area (Å²) in [5, 5.41) is 0. The Morgan fingerprint density at radius 3 is 2.46 bits per heavy atom. The normalized spacial score (nSPS) is 21.3. The molecule has 0 aliphatic heterocycles. The van der Waals surface area contributed by atoms with Gasteiger partial charge in [0.25, 0.3) is 0 Å². The van der Waals surface area contributed by atoms with Crippen molar-refractivity contribution in [1.29, 1.82) is 0 Å². The maximum atomic E-state index is 13.4. The molecule has 127 valence electrons. The SMILES string of the molecule is C=CC(C)(C)C(C)N(Cc1ccccc1)C(=O)C1(C)[CH]C=CC=C1. The number of hydrogen-bond donors (Lipinski definition) is 0. The molecule has 1 aliphatic rings. The lowest BCUT2D eigenvalue weighted by Gasteiger charge is -2.42. The van der Waals surface area contributed by atoms with Gasteiger partial charge >= 0.3 is 0 Å². The third-order valence-electron chi connectivity index (χ3n) is 5.09. The molecule has 0 heterocycles. The number of carbonyl (C=O) groups excluding carboxylic acids is 1. The van der Waals surface area contributed by atoms with Crippen molar-refractivity contribution in [3.8, 4) is 0 Å². The minimum atomic E-state index is -0.602. The molecule has 2 heteroatoms. The summed E-state index contributed by atoms with van der Waals surface area (Å²) >= 11 is 0. The Morgan fingerprint density at radius 1 is 1.25 bits per heavy atom. The third kappa shape index (κ3) is 3.87. The minimum absolute atomic E-state index is 0.0345. The topological polar surface area (TPSA) is 20.3 Å². The molecular weight excluding hydrogens is 294 g/mol. The first-order chi connectivity index (χ1) is 11.3. The van der Waals surface area contributed by atoms with Gasteiger partial charge in [-0.15, -0.1) is 6.58 Å². The molecule has 0 bridgehead atoms. The number of hydrogen-bond acceptors (Lipinski definition) is 1. The lowest BCUT2D eigenvalue weighted by atomic mass is 9.79. The quantitative estimate of drug-likeness (QED) is 0.678. The molecule has 0 aromatic heterocycles. The monoisotopic (exact) mass is 322 g/mol. The lowest BCUT2D eigenvalue weighted by Crippen LogP contribution is -2.50. The van der Waals surface area contributed by atoms with Gasteiger partial charge in [-0.2, -0.15) is 0 Å². The van der Waals surface area contributed by atoms with Crippen LogP contribution in [0.25, 0.3) is 0 Å². The van der Waals surface area contributed by atoms with Gasteiger partial charge in [-0.25, -0.2) is 0 Å². The molecule has 0 saturated heterocycles. The summed E-state index contributed by atoms with van der Waals surface area (Å²) in [5.41, 5.74) is 0.362. The van der Waals surface area contributed by atoms with E-state index in [2.05, 4.69) is 39.5 Å². The number of amides is 1. The first-order valence-corrected chi connectivity index (χ1v) is 8.49. The Bertz CT molecular complexity index is 641. The Kier molecular flexibility index (Phi) is 5.48. The van der Waals surface area contributed by atoms with E-state index in [1.165, 1.54) is 0 Å². The van der Waals surface area contributed by atoms with Gasteiger partial charge in [0.05, 0.1) is 5.41 Å². The van der Waals surface area contributed by atoms with E-state index in [4.69, 9.17) is 0 Å². The molecule has 2 nitrogen and oxygen atoms in total. The van der Waals surface area contributed by atoms with Crippen molar-refractivity contribution in [3.63, 3.8) is 0 Å². The molecule has 1 amide bonds. The zero-order valence-electron chi connectivity index (χ0n) is 15.2. The van der Waals surface area contributed by atoms with Gasteiger partial charge in [-0.1, -0.05) is 74.6 Å². The van der Waals surface area contributed by atoms with E-state index in [0.29, 0.717) is 6.54 Å². The number of nitrogens with zero attached hydrogens (tertiary/aromatic N) is 1. The molecule has 0 spiro atoms. The highest BCUT2D eigenvalue weighted by molar-refractivity contribution is 5.87. The van der Waals surface area contributed by atoms with Crippen LogP contribution in [-0.2, 0) is 11.3 Å². The minimum Gasteiger partial charge on any atom is -0.334 e. The van der Waals surface area contributed by atoms with E-state index < -0.39 is 5.41 Å². The second kappa shape index (κ2) is 7.21. The molecule has 0 N–H and O–H groups in total. The summed E-state index contributed by atoms with van der Waals surface area (Å²) in [6, 6.07) is 10.2. The molecule has 0 saturated carbocycles. The predicted molar refractivity (Wildman–Crippen MR) is 101 cm³/mol. The molecule has 1 radical (unpaired) electrons. The van der Waals surface area contributed by atoms with Crippen LogP contribution in [-0.4, -0.2) is 16.8 Å². The Labute approximate surface area is 146 Å². The lowest BCUT2D eigenvalue weighted by molar-refractivity contribution is -0.142. The van der Waals surface area contributed by atoms with Crippen LogP contribution in [0.5, 0.6) is 0 Å². The zero-order valence-corrected chi connectivity index (χ0v) is 15.2. The summed E-state index contributed by atoms with van der Waals surface area (Å²) in [6.45, 7) is 12.9. The molecular formula is C22H28NO. The Hall–Kier alpha value is -2.09. The van der Waals surface area contributed by atoms with Crippen LogP contribution < -0.4 is 0 Å². The fourth-order valence-electron chi connectivity index (χ4n) is 2.82. The number of benzene rings is 1. The van der Waals surface area contributed by atoms with Crippen LogP contribution >= 0.6 is 0 Å². The molecule has 2 rings (SSSR count). The predicted octanol–water partition coefficient (Wildman–Crippen LogP) is 4.95. The van der Waals surface area contributed by atoms with Crippen LogP contribution in [0.2, 0.25) is 0 Å². The standard InChI is InChI=1S/C22H28NO/c1-6-21(3,4)18(2)23(17-19-13-9-7-10-14-19)20(24)22(5)15-11-8-12-16-22/h6-16,18H,1,17H2,2-5H3. The maximum Gasteiger partial charge on any atom is 0.233 e. The number of rotatable bonds is 6. The summed E-state index contributed by atoms with van der Waals surface area (Å²) in [6.07, 6.45) is 11.7. The van der Waals surface area contributed by atoms with E-state index in [1.807, 2.05) is 66.8 Å². The van der Waals surface area contributed by atoms with Crippen molar-refractivity contribution in [2.75, 3.05) is 0 Å². The first kappa shape index (κ1) is 18.3. The third-order valence-corrected chi connectivity index (χ3v) is 5.09. The molecule has 1 aromatic rings.